The summed E-state index contributed by atoms with van der Waals surface area (Å²) in [4.78, 5) is 9.11. The summed E-state index contributed by atoms with van der Waals surface area (Å²) in [6.45, 7) is 7.08. The number of nitrogens with zero attached hydrogens (tertiary/aromatic N) is 4. The topological polar surface area (TPSA) is 74.9 Å². The van der Waals surface area contributed by atoms with Crippen LogP contribution in [-0.4, -0.2) is 70.5 Å². The first kappa shape index (κ1) is 23.5. The van der Waals surface area contributed by atoms with Crippen molar-refractivity contribution in [3.8, 4) is 29.4 Å². The van der Waals surface area contributed by atoms with Gasteiger partial charge in [-0.2, -0.15) is 0 Å². The van der Waals surface area contributed by atoms with E-state index in [1.165, 1.54) is 0 Å². The van der Waals surface area contributed by atoms with Crippen LogP contribution >= 0.6 is 11.3 Å². The molecule has 2 aromatic carbocycles. The number of aryl methyl sites for hydroxylation is 1. The molecule has 180 valence electrons. The zero-order chi connectivity index (χ0) is 24.2. The van der Waals surface area contributed by atoms with Crippen molar-refractivity contribution in [3.63, 3.8) is 0 Å². The largest absolute Gasteiger partial charge is 0.491 e. The maximum absolute atomic E-state index is 10.5. The number of terminal acetylenes is 1. The van der Waals surface area contributed by atoms with Crippen LogP contribution in [0.15, 0.2) is 53.1 Å². The lowest BCUT2D eigenvalue weighted by Gasteiger charge is -2.35. The molecule has 1 aliphatic rings. The monoisotopic (exact) mass is 488 g/mol. The third-order valence-corrected chi connectivity index (χ3v) is 7.09. The van der Waals surface area contributed by atoms with Gasteiger partial charge in [-0.1, -0.05) is 29.3 Å². The van der Waals surface area contributed by atoms with Crippen LogP contribution in [0.25, 0.3) is 21.5 Å². The Morgan fingerprint density at radius 2 is 1.94 bits per heavy atom. The van der Waals surface area contributed by atoms with Crippen LogP contribution in [0.1, 0.15) is 16.3 Å². The number of β-amino-alcohol motifs (C(OH)–C–C–N with tert-alkyl or cyclic N) is 1. The van der Waals surface area contributed by atoms with Crippen molar-refractivity contribution in [2.75, 3.05) is 39.3 Å². The predicted octanol–water partition coefficient (Wildman–Crippen LogP) is 3.80. The Bertz CT molecular complexity index is 1330. The van der Waals surface area contributed by atoms with Crippen molar-refractivity contribution < 1.29 is 14.4 Å². The van der Waals surface area contributed by atoms with Gasteiger partial charge in [0.05, 0.1) is 21.8 Å². The van der Waals surface area contributed by atoms with Crippen molar-refractivity contribution in [2.24, 2.45) is 0 Å². The maximum Gasteiger partial charge on any atom is 0.151 e. The molecular formula is C27H28N4O3S. The molecule has 3 heterocycles. The molecule has 35 heavy (non-hydrogen) atoms. The van der Waals surface area contributed by atoms with Crippen LogP contribution in [0.2, 0.25) is 0 Å². The first-order valence-electron chi connectivity index (χ1n) is 11.7. The van der Waals surface area contributed by atoms with Crippen molar-refractivity contribution in [3.05, 3.63) is 64.9 Å². The highest BCUT2D eigenvalue weighted by Gasteiger charge is 2.21. The van der Waals surface area contributed by atoms with Gasteiger partial charge < -0.3 is 14.4 Å². The second-order valence-corrected chi connectivity index (χ2v) is 10.0. The second kappa shape index (κ2) is 10.6. The third kappa shape index (κ3) is 5.72. The van der Waals surface area contributed by atoms with E-state index in [4.69, 9.17) is 15.7 Å². The normalized spacial score (nSPS) is 15.8. The first-order chi connectivity index (χ1) is 17.1. The Morgan fingerprint density at radius 1 is 1.14 bits per heavy atom. The van der Waals surface area contributed by atoms with Crippen molar-refractivity contribution in [1.82, 2.24) is 19.9 Å². The summed E-state index contributed by atoms with van der Waals surface area (Å²) in [6.07, 6.45) is 5.06. The van der Waals surface area contributed by atoms with Gasteiger partial charge in [-0.15, -0.1) is 17.8 Å². The van der Waals surface area contributed by atoms with Crippen LogP contribution in [0.3, 0.4) is 0 Å². The number of piperazine rings is 1. The fourth-order valence-electron chi connectivity index (χ4n) is 4.35. The fraction of sp³-hybridized carbons (Fsp3) is 0.333. The minimum absolute atomic E-state index is 0.259. The van der Waals surface area contributed by atoms with E-state index in [0.29, 0.717) is 13.1 Å². The SMILES string of the molecule is C#Cc1ccccc1-c1cc(CN2CCN(CC(O)COc3ccc4sc(C)nc4c3)CC2)on1. The van der Waals surface area contributed by atoms with Crippen molar-refractivity contribution in [2.45, 2.75) is 19.6 Å². The Balaban J connectivity index is 1.07. The van der Waals surface area contributed by atoms with E-state index in [0.717, 1.165) is 69.7 Å². The number of ether oxygens (including phenoxy) is 1. The van der Waals surface area contributed by atoms with E-state index >= 15 is 0 Å². The van der Waals surface area contributed by atoms with E-state index in [1.807, 2.05) is 55.5 Å². The Hall–Kier alpha value is -3.22. The lowest BCUT2D eigenvalue weighted by atomic mass is 10.1. The van der Waals surface area contributed by atoms with Gasteiger partial charge in [0.25, 0.3) is 0 Å². The lowest BCUT2D eigenvalue weighted by molar-refractivity contribution is 0.0430. The molecular weight excluding hydrogens is 460 g/mol. The highest BCUT2D eigenvalue weighted by molar-refractivity contribution is 7.18. The van der Waals surface area contributed by atoms with E-state index in [2.05, 4.69) is 25.9 Å². The number of benzene rings is 2. The van der Waals surface area contributed by atoms with Gasteiger partial charge in [-0.05, 0) is 25.1 Å². The molecule has 0 saturated carbocycles. The Labute approximate surface area is 208 Å². The second-order valence-electron chi connectivity index (χ2n) is 8.77. The van der Waals surface area contributed by atoms with E-state index in [1.54, 1.807) is 11.3 Å². The fourth-order valence-corrected chi connectivity index (χ4v) is 5.16. The van der Waals surface area contributed by atoms with Crippen LogP contribution in [0.4, 0.5) is 0 Å². The molecule has 7 nitrogen and oxygen atoms in total. The van der Waals surface area contributed by atoms with Gasteiger partial charge in [-0.25, -0.2) is 4.98 Å². The summed E-state index contributed by atoms with van der Waals surface area (Å²) in [7, 11) is 0. The van der Waals surface area contributed by atoms with Crippen molar-refractivity contribution in [1.29, 1.82) is 0 Å². The minimum Gasteiger partial charge on any atom is -0.491 e. The molecule has 2 aromatic heterocycles. The predicted molar refractivity (Wildman–Crippen MR) is 137 cm³/mol. The highest BCUT2D eigenvalue weighted by Crippen LogP contribution is 2.26. The van der Waals surface area contributed by atoms with Crippen LogP contribution in [-0.2, 0) is 6.54 Å². The lowest BCUT2D eigenvalue weighted by Crippen LogP contribution is -2.48. The van der Waals surface area contributed by atoms with Crippen LogP contribution < -0.4 is 4.74 Å². The number of rotatable bonds is 8. The van der Waals surface area contributed by atoms with E-state index in [-0.39, 0.29) is 6.61 Å². The molecule has 1 fully saturated rings. The van der Waals surface area contributed by atoms with Gasteiger partial charge in [0.15, 0.2) is 5.76 Å². The molecule has 0 spiro atoms. The molecule has 0 radical (unpaired) electrons. The average molecular weight is 489 g/mol. The number of aromatic nitrogens is 2. The van der Waals surface area contributed by atoms with Gasteiger partial charge in [0.2, 0.25) is 0 Å². The molecule has 5 rings (SSSR count). The minimum atomic E-state index is -0.553. The number of aliphatic hydroxyl groups excluding tert-OH is 1. The molecule has 1 aliphatic heterocycles. The molecule has 0 amide bonds. The molecule has 0 bridgehead atoms. The Morgan fingerprint density at radius 3 is 2.77 bits per heavy atom. The number of aliphatic hydroxyl groups is 1. The maximum atomic E-state index is 10.5. The summed E-state index contributed by atoms with van der Waals surface area (Å²) in [6, 6.07) is 15.6. The molecule has 1 unspecified atom stereocenters. The quantitative estimate of drug-likeness (QED) is 0.378. The van der Waals surface area contributed by atoms with Crippen LogP contribution in [0.5, 0.6) is 5.75 Å². The zero-order valence-electron chi connectivity index (χ0n) is 19.7. The van der Waals surface area contributed by atoms with Gasteiger partial charge >= 0.3 is 0 Å². The number of thiazole rings is 1. The third-order valence-electron chi connectivity index (χ3n) is 6.14. The molecule has 1 N–H and O–H groups in total. The van der Waals surface area contributed by atoms with Gasteiger partial charge in [0, 0.05) is 56.0 Å². The summed E-state index contributed by atoms with van der Waals surface area (Å²) >= 11 is 1.67. The van der Waals surface area contributed by atoms with Gasteiger partial charge in [0.1, 0.15) is 24.2 Å². The van der Waals surface area contributed by atoms with Crippen LogP contribution in [0, 0.1) is 19.3 Å². The zero-order valence-corrected chi connectivity index (χ0v) is 20.5. The molecule has 4 aromatic rings. The van der Waals surface area contributed by atoms with E-state index < -0.39 is 6.10 Å². The molecule has 8 heteroatoms. The standard InChI is InChI=1S/C27H28N4O3S/c1-3-20-6-4-5-7-24(20)25-15-23(34-29-25)17-31-12-10-30(11-13-31)16-21(32)18-33-22-8-9-27-26(14-22)28-19(2)35-27/h1,4-9,14-15,21,32H,10-13,16-18H2,2H3. The van der Waals surface area contributed by atoms with Gasteiger partial charge in [-0.3, -0.25) is 9.80 Å². The highest BCUT2D eigenvalue weighted by atomic mass is 32.1. The molecule has 1 saturated heterocycles. The number of hydrogen-bond donors (Lipinski definition) is 1. The smallest absolute Gasteiger partial charge is 0.151 e. The van der Waals surface area contributed by atoms with Crippen molar-refractivity contribution >= 4 is 21.6 Å². The number of hydrogen-bond acceptors (Lipinski definition) is 8. The summed E-state index contributed by atoms with van der Waals surface area (Å²) in [5.41, 5.74) is 3.42. The summed E-state index contributed by atoms with van der Waals surface area (Å²) < 4.78 is 12.6. The summed E-state index contributed by atoms with van der Waals surface area (Å²) in [5, 5.41) is 15.8. The average Bonchev–Trinajstić information content (AvgIpc) is 3.49. The number of fused-ring (bicyclic) bond motifs is 1. The molecule has 1 atom stereocenters. The van der Waals surface area contributed by atoms with E-state index in [9.17, 15) is 5.11 Å². The first-order valence-corrected chi connectivity index (χ1v) is 12.5. The summed E-state index contributed by atoms with van der Waals surface area (Å²) in [5.74, 6) is 4.26. The Kier molecular flexibility index (Phi) is 7.11. The molecule has 0 aliphatic carbocycles.